The zero-order chi connectivity index (χ0) is 10.9. The average molecular weight is 271 g/mol. The molecule has 0 bridgehead atoms. The minimum atomic E-state index is 0.826. The van der Waals surface area contributed by atoms with Crippen LogP contribution in [0, 0.1) is 0 Å². The van der Waals surface area contributed by atoms with Gasteiger partial charge in [-0.25, -0.2) is 0 Å². The van der Waals surface area contributed by atoms with Gasteiger partial charge in [-0.05, 0) is 30.9 Å². The quantitative estimate of drug-likeness (QED) is 0.533. The first kappa shape index (κ1) is 12.6. The van der Waals surface area contributed by atoms with Crippen molar-refractivity contribution in [2.45, 2.75) is 32.6 Å². The van der Waals surface area contributed by atoms with E-state index in [4.69, 9.17) is 4.74 Å². The molecule has 0 aromatic heterocycles. The molecular weight excluding hydrogens is 252 g/mol. The number of para-hydroxylation sites is 1. The third-order valence-electron chi connectivity index (χ3n) is 2.28. The van der Waals surface area contributed by atoms with E-state index in [0.717, 1.165) is 30.5 Å². The summed E-state index contributed by atoms with van der Waals surface area (Å²) in [6.07, 6.45) is 4.57. The normalized spacial score (nSPS) is 10.3. The van der Waals surface area contributed by atoms with E-state index in [1.165, 1.54) is 18.4 Å². The molecule has 1 nitrogen and oxygen atoms in total. The lowest BCUT2D eigenvalue weighted by Gasteiger charge is -2.10. The summed E-state index contributed by atoms with van der Waals surface area (Å²) in [7, 11) is 0. The summed E-state index contributed by atoms with van der Waals surface area (Å²) >= 11 is 3.42. The Hall–Kier alpha value is -0.500. The van der Waals surface area contributed by atoms with Crippen LogP contribution in [0.4, 0.5) is 0 Å². The van der Waals surface area contributed by atoms with Crippen molar-refractivity contribution in [3.63, 3.8) is 0 Å². The second-order valence-electron chi connectivity index (χ2n) is 3.60. The van der Waals surface area contributed by atoms with Crippen molar-refractivity contribution in [3.05, 3.63) is 29.8 Å². The van der Waals surface area contributed by atoms with E-state index >= 15 is 0 Å². The minimum Gasteiger partial charge on any atom is -0.493 e. The molecule has 0 unspecified atom stereocenters. The molecule has 0 N–H and O–H groups in total. The topological polar surface area (TPSA) is 9.23 Å². The van der Waals surface area contributed by atoms with Gasteiger partial charge in [-0.1, -0.05) is 47.5 Å². The fourth-order valence-electron chi connectivity index (χ4n) is 1.50. The van der Waals surface area contributed by atoms with E-state index in [1.807, 2.05) is 6.07 Å². The Morgan fingerprint density at radius 1 is 1.20 bits per heavy atom. The molecule has 0 aliphatic carbocycles. The van der Waals surface area contributed by atoms with Crippen molar-refractivity contribution in [1.82, 2.24) is 0 Å². The number of benzene rings is 1. The van der Waals surface area contributed by atoms with Crippen molar-refractivity contribution >= 4 is 15.9 Å². The van der Waals surface area contributed by atoms with E-state index in [-0.39, 0.29) is 0 Å². The summed E-state index contributed by atoms with van der Waals surface area (Å²) in [6, 6.07) is 8.35. The van der Waals surface area contributed by atoms with Crippen LogP contribution in [0.1, 0.15) is 31.7 Å². The molecule has 0 saturated carbocycles. The van der Waals surface area contributed by atoms with Crippen molar-refractivity contribution in [1.29, 1.82) is 0 Å². The Balaban J connectivity index is 2.44. The van der Waals surface area contributed by atoms with Gasteiger partial charge in [-0.2, -0.15) is 0 Å². The number of alkyl halides is 1. The van der Waals surface area contributed by atoms with Gasteiger partial charge in [0.2, 0.25) is 0 Å². The Bertz CT molecular complexity index is 273. The molecule has 0 saturated heterocycles. The van der Waals surface area contributed by atoms with E-state index in [2.05, 4.69) is 41.1 Å². The van der Waals surface area contributed by atoms with Crippen LogP contribution >= 0.6 is 15.9 Å². The van der Waals surface area contributed by atoms with E-state index in [0.29, 0.717) is 0 Å². The van der Waals surface area contributed by atoms with Gasteiger partial charge in [-0.3, -0.25) is 0 Å². The lowest BCUT2D eigenvalue weighted by molar-refractivity contribution is 0.307. The smallest absolute Gasteiger partial charge is 0.122 e. The second-order valence-corrected chi connectivity index (χ2v) is 4.40. The lowest BCUT2D eigenvalue weighted by atomic mass is 10.1. The van der Waals surface area contributed by atoms with Crippen LogP contribution in [0.25, 0.3) is 0 Å². The maximum Gasteiger partial charge on any atom is 0.122 e. The number of aryl methyl sites for hydroxylation is 1. The number of rotatable bonds is 7. The van der Waals surface area contributed by atoms with Gasteiger partial charge in [0.15, 0.2) is 0 Å². The number of ether oxygens (including phenoxy) is 1. The van der Waals surface area contributed by atoms with Crippen LogP contribution in [0.2, 0.25) is 0 Å². The monoisotopic (exact) mass is 270 g/mol. The first-order valence-corrected chi connectivity index (χ1v) is 6.77. The second kappa shape index (κ2) is 7.75. The van der Waals surface area contributed by atoms with Crippen LogP contribution in [0.5, 0.6) is 5.75 Å². The zero-order valence-electron chi connectivity index (χ0n) is 9.34. The molecule has 15 heavy (non-hydrogen) atoms. The van der Waals surface area contributed by atoms with Gasteiger partial charge in [0.1, 0.15) is 5.75 Å². The Kier molecular flexibility index (Phi) is 6.49. The SMILES string of the molecule is CCCc1ccccc1OCCCCBr. The fraction of sp³-hybridized carbons (Fsp3) is 0.538. The van der Waals surface area contributed by atoms with Gasteiger partial charge < -0.3 is 4.74 Å². The molecule has 2 heteroatoms. The number of hydrogen-bond acceptors (Lipinski definition) is 1. The highest BCUT2D eigenvalue weighted by Gasteiger charge is 2.00. The summed E-state index contributed by atoms with van der Waals surface area (Å²) < 4.78 is 5.77. The molecule has 0 atom stereocenters. The van der Waals surface area contributed by atoms with Crippen LogP contribution < -0.4 is 4.74 Å². The molecule has 0 heterocycles. The summed E-state index contributed by atoms with van der Waals surface area (Å²) in [5, 5.41) is 1.06. The van der Waals surface area contributed by atoms with Gasteiger partial charge in [-0.15, -0.1) is 0 Å². The van der Waals surface area contributed by atoms with Gasteiger partial charge >= 0.3 is 0 Å². The first-order valence-electron chi connectivity index (χ1n) is 5.65. The van der Waals surface area contributed by atoms with Gasteiger partial charge in [0.05, 0.1) is 6.61 Å². The molecule has 0 spiro atoms. The number of unbranched alkanes of at least 4 members (excludes halogenated alkanes) is 1. The Morgan fingerprint density at radius 3 is 2.73 bits per heavy atom. The van der Waals surface area contributed by atoms with Gasteiger partial charge in [0.25, 0.3) is 0 Å². The van der Waals surface area contributed by atoms with Crippen LogP contribution in [0.15, 0.2) is 24.3 Å². The molecular formula is C13H19BrO. The molecule has 1 aromatic carbocycles. The number of halogens is 1. The summed E-state index contributed by atoms with van der Waals surface area (Å²) in [6.45, 7) is 3.02. The van der Waals surface area contributed by atoms with Crippen molar-refractivity contribution < 1.29 is 4.74 Å². The predicted molar refractivity (Wildman–Crippen MR) is 69.0 cm³/mol. The van der Waals surface area contributed by atoms with E-state index in [9.17, 15) is 0 Å². The highest BCUT2D eigenvalue weighted by atomic mass is 79.9. The van der Waals surface area contributed by atoms with Crippen LogP contribution in [-0.4, -0.2) is 11.9 Å². The van der Waals surface area contributed by atoms with Gasteiger partial charge in [0, 0.05) is 5.33 Å². The average Bonchev–Trinajstić information content (AvgIpc) is 2.27. The largest absolute Gasteiger partial charge is 0.493 e. The molecule has 0 aliphatic rings. The predicted octanol–water partition coefficient (Wildman–Crippen LogP) is 4.19. The van der Waals surface area contributed by atoms with Crippen molar-refractivity contribution in [2.75, 3.05) is 11.9 Å². The first-order chi connectivity index (χ1) is 7.38. The van der Waals surface area contributed by atoms with Crippen molar-refractivity contribution in [2.24, 2.45) is 0 Å². The fourth-order valence-corrected chi connectivity index (χ4v) is 1.90. The third kappa shape index (κ3) is 4.70. The van der Waals surface area contributed by atoms with E-state index in [1.54, 1.807) is 0 Å². The molecule has 0 fully saturated rings. The molecule has 0 amide bonds. The molecule has 0 aliphatic heterocycles. The Morgan fingerprint density at radius 2 is 2.00 bits per heavy atom. The summed E-state index contributed by atoms with van der Waals surface area (Å²) in [5.41, 5.74) is 1.33. The molecule has 1 aromatic rings. The molecule has 0 radical (unpaired) electrons. The number of hydrogen-bond donors (Lipinski definition) is 0. The maximum atomic E-state index is 5.77. The maximum absolute atomic E-state index is 5.77. The standard InChI is InChI=1S/C13H19BrO/c1-2-7-12-8-3-4-9-13(12)15-11-6-5-10-14/h3-4,8-9H,2,5-7,10-11H2,1H3. The van der Waals surface area contributed by atoms with Crippen LogP contribution in [-0.2, 0) is 6.42 Å². The highest BCUT2D eigenvalue weighted by molar-refractivity contribution is 9.09. The van der Waals surface area contributed by atoms with E-state index < -0.39 is 0 Å². The molecule has 1 rings (SSSR count). The molecule has 84 valence electrons. The van der Waals surface area contributed by atoms with Crippen molar-refractivity contribution in [3.8, 4) is 5.75 Å². The summed E-state index contributed by atoms with van der Waals surface area (Å²) in [4.78, 5) is 0. The lowest BCUT2D eigenvalue weighted by Crippen LogP contribution is -2.00. The third-order valence-corrected chi connectivity index (χ3v) is 2.84. The highest BCUT2D eigenvalue weighted by Crippen LogP contribution is 2.19. The summed E-state index contributed by atoms with van der Waals surface area (Å²) in [5.74, 6) is 1.06. The van der Waals surface area contributed by atoms with Crippen LogP contribution in [0.3, 0.4) is 0 Å². The zero-order valence-corrected chi connectivity index (χ0v) is 10.9. The minimum absolute atomic E-state index is 0.826. The Labute approximate surface area is 101 Å².